The van der Waals surface area contributed by atoms with Crippen LogP contribution in [0, 0.1) is 0 Å². The summed E-state index contributed by atoms with van der Waals surface area (Å²) in [6, 6.07) is 10.6. The number of benzene rings is 1. The van der Waals surface area contributed by atoms with Crippen molar-refractivity contribution in [1.82, 2.24) is 9.21 Å². The monoisotopic (exact) mass is 466 g/mol. The van der Waals surface area contributed by atoms with E-state index in [1.54, 1.807) is 11.4 Å². The highest BCUT2D eigenvalue weighted by atomic mass is 32.2. The summed E-state index contributed by atoms with van der Waals surface area (Å²) in [6.07, 6.45) is 0. The summed E-state index contributed by atoms with van der Waals surface area (Å²) < 4.78 is 31.4. The number of likely N-dealkylation sites (N-methyl/N-ethyl adjacent to an activating group) is 2. The highest BCUT2D eigenvalue weighted by Gasteiger charge is 2.25. The van der Waals surface area contributed by atoms with Crippen molar-refractivity contribution in [3.8, 4) is 0 Å². The van der Waals surface area contributed by atoms with Crippen molar-refractivity contribution in [2.75, 3.05) is 63.7 Å². The minimum absolute atomic E-state index is 0.170. The molecule has 0 bridgehead atoms. The van der Waals surface area contributed by atoms with Crippen LogP contribution in [-0.2, 0) is 24.3 Å². The van der Waals surface area contributed by atoms with Gasteiger partial charge in [-0.1, -0.05) is 6.07 Å². The molecule has 31 heavy (non-hydrogen) atoms. The van der Waals surface area contributed by atoms with E-state index >= 15 is 0 Å². The van der Waals surface area contributed by atoms with E-state index in [9.17, 15) is 18.0 Å². The number of morpholine rings is 1. The van der Waals surface area contributed by atoms with Crippen LogP contribution in [0.15, 0.2) is 46.0 Å². The summed E-state index contributed by atoms with van der Waals surface area (Å²) in [6.45, 7) is 2.52. The second-order valence-electron chi connectivity index (χ2n) is 7.14. The number of amides is 2. The molecular weight excluding hydrogens is 440 g/mol. The first-order chi connectivity index (χ1) is 14.8. The SMILES string of the molecule is CN(CC(=O)Nc1ccc(N2CCOCC2)cc1)C(=O)CN(C)S(=O)(=O)c1cccs1. The standard InChI is InChI=1S/C20H26N4O5S2/c1-22(19(26)15-23(2)31(27,28)20-4-3-13-30-20)14-18(25)21-16-5-7-17(8-6-16)24-9-11-29-12-10-24/h3-8,13H,9-12,14-15H2,1-2H3,(H,21,25). The van der Waals surface area contributed by atoms with E-state index in [2.05, 4.69) is 10.2 Å². The zero-order valence-corrected chi connectivity index (χ0v) is 19.1. The lowest BCUT2D eigenvalue weighted by atomic mass is 10.2. The molecule has 0 saturated carbocycles. The molecule has 1 N–H and O–H groups in total. The first-order valence-electron chi connectivity index (χ1n) is 9.74. The Morgan fingerprint density at radius 1 is 1.10 bits per heavy atom. The van der Waals surface area contributed by atoms with E-state index in [4.69, 9.17) is 4.74 Å². The largest absolute Gasteiger partial charge is 0.378 e. The first-order valence-corrected chi connectivity index (χ1v) is 12.1. The normalized spacial score (nSPS) is 14.5. The molecule has 3 rings (SSSR count). The lowest BCUT2D eigenvalue weighted by molar-refractivity contribution is -0.133. The zero-order valence-electron chi connectivity index (χ0n) is 17.5. The summed E-state index contributed by atoms with van der Waals surface area (Å²) in [5, 5.41) is 4.42. The van der Waals surface area contributed by atoms with Crippen LogP contribution in [0.3, 0.4) is 0 Å². The topological polar surface area (TPSA) is 99.3 Å². The quantitative estimate of drug-likeness (QED) is 0.630. The average Bonchev–Trinajstić information content (AvgIpc) is 3.30. The van der Waals surface area contributed by atoms with Gasteiger partial charge < -0.3 is 19.9 Å². The predicted octanol–water partition coefficient (Wildman–Crippen LogP) is 1.30. The second-order valence-corrected chi connectivity index (χ2v) is 10.4. The molecule has 1 aliphatic rings. The van der Waals surface area contributed by atoms with Crippen LogP contribution in [0.2, 0.25) is 0 Å². The molecule has 2 aromatic rings. The number of nitrogens with zero attached hydrogens (tertiary/aromatic N) is 3. The fraction of sp³-hybridized carbons (Fsp3) is 0.400. The molecule has 0 radical (unpaired) electrons. The van der Waals surface area contributed by atoms with Gasteiger partial charge in [0.1, 0.15) is 4.21 Å². The molecule has 9 nitrogen and oxygen atoms in total. The third-order valence-electron chi connectivity index (χ3n) is 4.85. The van der Waals surface area contributed by atoms with Crippen LogP contribution >= 0.6 is 11.3 Å². The van der Waals surface area contributed by atoms with Gasteiger partial charge in [0, 0.05) is 38.6 Å². The Kier molecular flexibility index (Phi) is 7.65. The number of sulfonamides is 1. The third kappa shape index (κ3) is 6.03. The molecule has 168 valence electrons. The summed E-state index contributed by atoms with van der Waals surface area (Å²) in [5.41, 5.74) is 1.68. The van der Waals surface area contributed by atoms with E-state index in [1.165, 1.54) is 25.1 Å². The molecule has 11 heteroatoms. The Labute approximate surface area is 186 Å². The smallest absolute Gasteiger partial charge is 0.252 e. The lowest BCUT2D eigenvalue weighted by Crippen LogP contribution is -2.42. The van der Waals surface area contributed by atoms with E-state index < -0.39 is 15.9 Å². The van der Waals surface area contributed by atoms with Crippen LogP contribution in [-0.4, -0.2) is 82.9 Å². The van der Waals surface area contributed by atoms with Crippen molar-refractivity contribution in [2.24, 2.45) is 0 Å². The van der Waals surface area contributed by atoms with Gasteiger partial charge in [0.25, 0.3) is 10.0 Å². The number of hydrogen-bond acceptors (Lipinski definition) is 7. The van der Waals surface area contributed by atoms with Gasteiger partial charge in [-0.2, -0.15) is 4.31 Å². The summed E-state index contributed by atoms with van der Waals surface area (Å²) >= 11 is 1.09. The molecule has 2 heterocycles. The molecule has 1 aromatic heterocycles. The number of carbonyl (C=O) groups excluding carboxylic acids is 2. The van der Waals surface area contributed by atoms with Gasteiger partial charge in [0.15, 0.2) is 0 Å². The van der Waals surface area contributed by atoms with Crippen LogP contribution in [0.1, 0.15) is 0 Å². The Hall–Kier alpha value is -2.47. The number of anilines is 2. The van der Waals surface area contributed by atoms with Crippen molar-refractivity contribution in [1.29, 1.82) is 0 Å². The van der Waals surface area contributed by atoms with Crippen molar-refractivity contribution in [3.05, 3.63) is 41.8 Å². The van der Waals surface area contributed by atoms with Crippen LogP contribution in [0.5, 0.6) is 0 Å². The fourth-order valence-electron chi connectivity index (χ4n) is 3.04. The summed E-state index contributed by atoms with van der Waals surface area (Å²) in [4.78, 5) is 28.1. The number of hydrogen-bond donors (Lipinski definition) is 1. The lowest BCUT2D eigenvalue weighted by Gasteiger charge is -2.29. The van der Waals surface area contributed by atoms with Crippen molar-refractivity contribution in [2.45, 2.75) is 4.21 Å². The Bertz CT molecular complexity index is 987. The second kappa shape index (κ2) is 10.2. The van der Waals surface area contributed by atoms with E-state index in [0.29, 0.717) is 18.9 Å². The van der Waals surface area contributed by atoms with Crippen molar-refractivity contribution >= 4 is 44.5 Å². The number of nitrogens with one attached hydrogen (secondary N) is 1. The van der Waals surface area contributed by atoms with Crippen molar-refractivity contribution < 1.29 is 22.7 Å². The highest BCUT2D eigenvalue weighted by molar-refractivity contribution is 7.91. The fourth-order valence-corrected chi connectivity index (χ4v) is 5.36. The Morgan fingerprint density at radius 2 is 1.77 bits per heavy atom. The molecule has 1 aromatic carbocycles. The molecule has 0 spiro atoms. The molecule has 0 atom stereocenters. The average molecular weight is 467 g/mol. The number of rotatable bonds is 8. The van der Waals surface area contributed by atoms with Crippen LogP contribution in [0.25, 0.3) is 0 Å². The van der Waals surface area contributed by atoms with E-state index in [0.717, 1.165) is 34.4 Å². The van der Waals surface area contributed by atoms with Gasteiger partial charge in [0.2, 0.25) is 11.8 Å². The highest BCUT2D eigenvalue weighted by Crippen LogP contribution is 2.20. The van der Waals surface area contributed by atoms with Crippen molar-refractivity contribution in [3.63, 3.8) is 0 Å². The van der Waals surface area contributed by atoms with E-state index in [-0.39, 0.29) is 23.2 Å². The first kappa shape index (κ1) is 23.2. The van der Waals surface area contributed by atoms with Gasteiger partial charge in [-0.05, 0) is 35.7 Å². The molecular formula is C20H26N4O5S2. The Morgan fingerprint density at radius 3 is 2.39 bits per heavy atom. The number of thiophene rings is 1. The van der Waals surface area contributed by atoms with Gasteiger partial charge in [-0.25, -0.2) is 8.42 Å². The summed E-state index contributed by atoms with van der Waals surface area (Å²) in [7, 11) is -0.911. The van der Waals surface area contributed by atoms with Gasteiger partial charge >= 0.3 is 0 Å². The molecule has 1 fully saturated rings. The predicted molar refractivity (Wildman–Crippen MR) is 120 cm³/mol. The van der Waals surface area contributed by atoms with Crippen LogP contribution in [0.4, 0.5) is 11.4 Å². The minimum atomic E-state index is -3.72. The molecule has 0 unspecified atom stereocenters. The summed E-state index contributed by atoms with van der Waals surface area (Å²) in [5.74, 6) is -0.834. The molecule has 2 amide bonds. The molecule has 0 aliphatic carbocycles. The maximum Gasteiger partial charge on any atom is 0.252 e. The van der Waals surface area contributed by atoms with Gasteiger partial charge in [0.05, 0.1) is 26.3 Å². The Balaban J connectivity index is 1.50. The third-order valence-corrected chi connectivity index (χ3v) is 8.03. The molecule has 1 saturated heterocycles. The van der Waals surface area contributed by atoms with Gasteiger partial charge in [-0.15, -0.1) is 11.3 Å². The molecule has 1 aliphatic heterocycles. The number of carbonyl (C=O) groups is 2. The van der Waals surface area contributed by atoms with Crippen LogP contribution < -0.4 is 10.2 Å². The zero-order chi connectivity index (χ0) is 22.4. The van der Waals surface area contributed by atoms with Gasteiger partial charge in [-0.3, -0.25) is 9.59 Å². The maximum absolute atomic E-state index is 12.4. The maximum atomic E-state index is 12.4. The number of ether oxygens (including phenoxy) is 1. The van der Waals surface area contributed by atoms with E-state index in [1.807, 2.05) is 24.3 Å². The minimum Gasteiger partial charge on any atom is -0.378 e.